The van der Waals surface area contributed by atoms with E-state index in [0.717, 1.165) is 10.5 Å². The summed E-state index contributed by atoms with van der Waals surface area (Å²) in [6.07, 6.45) is 0. The molecule has 0 aliphatic heterocycles. The molecule has 0 radical (unpaired) electrons. The van der Waals surface area contributed by atoms with E-state index in [2.05, 4.69) is 4.98 Å². The van der Waals surface area contributed by atoms with E-state index in [1.807, 2.05) is 13.0 Å². The molecule has 8 heteroatoms. The van der Waals surface area contributed by atoms with Crippen LogP contribution in [0.1, 0.15) is 11.3 Å². The summed E-state index contributed by atoms with van der Waals surface area (Å²) in [5.41, 5.74) is 6.73. The minimum Gasteiger partial charge on any atom is -0.361 e. The molecular weight excluding hydrogens is 300 g/mol. The lowest BCUT2D eigenvalue weighted by Gasteiger charge is -2.21. The number of pyridine rings is 1. The van der Waals surface area contributed by atoms with E-state index in [4.69, 9.17) is 5.73 Å². The number of benzene rings is 1. The molecule has 0 atom stereocenters. The Kier molecular flexibility index (Phi) is 4.35. The van der Waals surface area contributed by atoms with Crippen molar-refractivity contribution in [1.29, 1.82) is 0 Å². The number of primary amides is 1. The SMILES string of the molecule is Cc1cc(C)nc(N(C(=O)C(N)=O)c2ccc([N+](=O)[O-])cc2)c1. The number of nitro benzene ring substituents is 1. The summed E-state index contributed by atoms with van der Waals surface area (Å²) in [5, 5.41) is 10.7. The van der Waals surface area contributed by atoms with Crippen LogP contribution in [0.3, 0.4) is 0 Å². The van der Waals surface area contributed by atoms with Crippen molar-refractivity contribution < 1.29 is 14.5 Å². The summed E-state index contributed by atoms with van der Waals surface area (Å²) in [6.45, 7) is 3.57. The third kappa shape index (κ3) is 3.49. The molecule has 0 aliphatic carbocycles. The number of hydrogen-bond donors (Lipinski definition) is 1. The molecule has 2 rings (SSSR count). The maximum Gasteiger partial charge on any atom is 0.321 e. The minimum absolute atomic E-state index is 0.131. The summed E-state index contributed by atoms with van der Waals surface area (Å²) in [6, 6.07) is 8.62. The lowest BCUT2D eigenvalue weighted by atomic mass is 10.2. The number of nitro groups is 1. The summed E-state index contributed by atoms with van der Waals surface area (Å²) in [4.78, 5) is 38.9. The van der Waals surface area contributed by atoms with Crippen molar-refractivity contribution in [3.63, 3.8) is 0 Å². The molecule has 0 spiro atoms. The van der Waals surface area contributed by atoms with Crippen LogP contribution in [0.2, 0.25) is 0 Å². The molecule has 0 unspecified atom stereocenters. The van der Waals surface area contributed by atoms with Gasteiger partial charge in [-0.2, -0.15) is 0 Å². The zero-order valence-electron chi connectivity index (χ0n) is 12.5. The van der Waals surface area contributed by atoms with Gasteiger partial charge in [0, 0.05) is 17.8 Å². The van der Waals surface area contributed by atoms with E-state index in [0.29, 0.717) is 5.69 Å². The molecule has 8 nitrogen and oxygen atoms in total. The molecule has 1 aromatic carbocycles. The average molecular weight is 314 g/mol. The van der Waals surface area contributed by atoms with Crippen molar-refractivity contribution in [2.75, 3.05) is 4.90 Å². The van der Waals surface area contributed by atoms with Gasteiger partial charge in [-0.05, 0) is 43.7 Å². The number of hydrogen-bond acceptors (Lipinski definition) is 5. The predicted octanol–water partition coefficient (Wildman–Crippen LogP) is 1.76. The second kappa shape index (κ2) is 6.22. The van der Waals surface area contributed by atoms with Crippen LogP contribution in [0.15, 0.2) is 36.4 Å². The number of anilines is 2. The van der Waals surface area contributed by atoms with Gasteiger partial charge in [-0.1, -0.05) is 0 Å². The van der Waals surface area contributed by atoms with Gasteiger partial charge in [-0.3, -0.25) is 24.6 Å². The Morgan fingerprint density at radius 1 is 1.17 bits per heavy atom. The number of amides is 2. The molecular formula is C15H14N4O4. The van der Waals surface area contributed by atoms with Crippen molar-refractivity contribution in [3.05, 3.63) is 57.8 Å². The van der Waals surface area contributed by atoms with Crippen molar-refractivity contribution in [1.82, 2.24) is 4.98 Å². The Morgan fingerprint density at radius 3 is 2.26 bits per heavy atom. The Hall–Kier alpha value is -3.29. The smallest absolute Gasteiger partial charge is 0.321 e. The quantitative estimate of drug-likeness (QED) is 0.526. The van der Waals surface area contributed by atoms with Gasteiger partial charge in [0.2, 0.25) is 0 Å². The largest absolute Gasteiger partial charge is 0.361 e. The van der Waals surface area contributed by atoms with E-state index in [1.54, 1.807) is 13.0 Å². The van der Waals surface area contributed by atoms with Crippen LogP contribution in [-0.4, -0.2) is 21.7 Å². The summed E-state index contributed by atoms with van der Waals surface area (Å²) < 4.78 is 0. The monoisotopic (exact) mass is 314 g/mol. The van der Waals surface area contributed by atoms with Gasteiger partial charge in [0.25, 0.3) is 5.69 Å². The van der Waals surface area contributed by atoms with Crippen molar-refractivity contribution in [2.24, 2.45) is 5.73 Å². The van der Waals surface area contributed by atoms with Crippen LogP contribution >= 0.6 is 0 Å². The molecule has 0 saturated heterocycles. The molecule has 0 bridgehead atoms. The topological polar surface area (TPSA) is 119 Å². The van der Waals surface area contributed by atoms with Crippen LogP contribution in [0.4, 0.5) is 17.2 Å². The first-order valence-electron chi connectivity index (χ1n) is 6.63. The standard InChI is InChI=1S/C15H14N4O4/c1-9-7-10(2)17-13(8-9)18(15(21)14(16)20)11-3-5-12(6-4-11)19(22)23/h3-8H,1-2H3,(H2,16,20). The summed E-state index contributed by atoms with van der Waals surface area (Å²) >= 11 is 0. The fourth-order valence-electron chi connectivity index (χ4n) is 2.12. The van der Waals surface area contributed by atoms with Crippen LogP contribution in [-0.2, 0) is 9.59 Å². The van der Waals surface area contributed by atoms with E-state index in [9.17, 15) is 19.7 Å². The fourth-order valence-corrected chi connectivity index (χ4v) is 2.12. The van der Waals surface area contributed by atoms with Gasteiger partial charge < -0.3 is 5.73 Å². The number of carbonyl (C=O) groups is 2. The molecule has 23 heavy (non-hydrogen) atoms. The molecule has 2 N–H and O–H groups in total. The van der Waals surface area contributed by atoms with Crippen molar-refractivity contribution >= 4 is 29.0 Å². The summed E-state index contributed by atoms with van der Waals surface area (Å²) in [7, 11) is 0. The Balaban J connectivity index is 2.56. The van der Waals surface area contributed by atoms with Gasteiger partial charge in [0.05, 0.1) is 10.6 Å². The highest BCUT2D eigenvalue weighted by molar-refractivity contribution is 6.41. The third-order valence-corrected chi connectivity index (χ3v) is 3.05. The van der Waals surface area contributed by atoms with Crippen LogP contribution in [0, 0.1) is 24.0 Å². The molecule has 118 valence electrons. The van der Waals surface area contributed by atoms with Crippen molar-refractivity contribution in [2.45, 2.75) is 13.8 Å². The summed E-state index contributed by atoms with van der Waals surface area (Å²) in [5.74, 6) is -1.90. The molecule has 0 fully saturated rings. The number of rotatable bonds is 3. The highest BCUT2D eigenvalue weighted by Crippen LogP contribution is 2.27. The van der Waals surface area contributed by atoms with Crippen LogP contribution in [0.25, 0.3) is 0 Å². The Morgan fingerprint density at radius 2 is 1.78 bits per heavy atom. The Bertz CT molecular complexity index is 766. The van der Waals surface area contributed by atoms with Crippen LogP contribution in [0.5, 0.6) is 0 Å². The lowest BCUT2D eigenvalue weighted by Crippen LogP contribution is -2.37. The van der Waals surface area contributed by atoms with Crippen molar-refractivity contribution in [3.8, 4) is 0 Å². The van der Waals surface area contributed by atoms with Gasteiger partial charge in [0.1, 0.15) is 5.82 Å². The number of non-ortho nitro benzene ring substituents is 1. The highest BCUT2D eigenvalue weighted by atomic mass is 16.6. The number of nitrogens with two attached hydrogens (primary N) is 1. The first-order chi connectivity index (χ1) is 10.8. The first-order valence-corrected chi connectivity index (χ1v) is 6.63. The number of carbonyl (C=O) groups excluding carboxylic acids is 2. The molecule has 2 aromatic rings. The number of nitrogens with zero attached hydrogens (tertiary/aromatic N) is 3. The zero-order valence-corrected chi connectivity index (χ0v) is 12.5. The first kappa shape index (κ1) is 16.1. The predicted molar refractivity (Wildman–Crippen MR) is 83.1 cm³/mol. The van der Waals surface area contributed by atoms with Gasteiger partial charge in [-0.15, -0.1) is 0 Å². The molecule has 0 saturated carbocycles. The maximum absolute atomic E-state index is 12.2. The minimum atomic E-state index is -1.15. The average Bonchev–Trinajstić information content (AvgIpc) is 2.46. The fraction of sp³-hybridized carbons (Fsp3) is 0.133. The van der Waals surface area contributed by atoms with Gasteiger partial charge in [0.15, 0.2) is 0 Å². The maximum atomic E-state index is 12.2. The third-order valence-electron chi connectivity index (χ3n) is 3.05. The number of aryl methyl sites for hydroxylation is 2. The molecule has 2 amide bonds. The molecule has 1 heterocycles. The molecule has 0 aliphatic rings. The second-order valence-electron chi connectivity index (χ2n) is 4.92. The van der Waals surface area contributed by atoms with Crippen LogP contribution < -0.4 is 10.6 Å². The van der Waals surface area contributed by atoms with E-state index >= 15 is 0 Å². The highest BCUT2D eigenvalue weighted by Gasteiger charge is 2.24. The van der Waals surface area contributed by atoms with E-state index < -0.39 is 16.7 Å². The second-order valence-corrected chi connectivity index (χ2v) is 4.92. The zero-order chi connectivity index (χ0) is 17.1. The van der Waals surface area contributed by atoms with E-state index in [-0.39, 0.29) is 17.2 Å². The normalized spacial score (nSPS) is 10.2. The van der Waals surface area contributed by atoms with Gasteiger partial charge in [-0.25, -0.2) is 4.98 Å². The van der Waals surface area contributed by atoms with E-state index in [1.165, 1.54) is 24.3 Å². The van der Waals surface area contributed by atoms with Gasteiger partial charge >= 0.3 is 11.8 Å². The molecule has 1 aromatic heterocycles. The lowest BCUT2D eigenvalue weighted by molar-refractivity contribution is -0.384. The number of aromatic nitrogens is 1. The Labute approximate surface area is 131 Å².